The quantitative estimate of drug-likeness (QED) is 0.629. The predicted octanol–water partition coefficient (Wildman–Crippen LogP) is 2.58. The lowest BCUT2D eigenvalue weighted by Crippen LogP contribution is -2.40. The molecule has 0 spiro atoms. The Kier molecular flexibility index (Phi) is 5.12. The largest absolute Gasteiger partial charge is 0.399 e. The van der Waals surface area contributed by atoms with Gasteiger partial charge < -0.3 is 15.4 Å². The molecule has 1 fully saturated rings. The minimum absolute atomic E-state index is 0.0439. The van der Waals surface area contributed by atoms with Gasteiger partial charge in [0, 0.05) is 29.9 Å². The van der Waals surface area contributed by atoms with Crippen molar-refractivity contribution >= 4 is 38.1 Å². The molecular formula is C21H21N3O4S. The molecule has 1 heterocycles. The zero-order chi connectivity index (χ0) is 20.4. The number of nitrogens with two attached hydrogens (primary N) is 1. The van der Waals surface area contributed by atoms with Crippen LogP contribution >= 0.6 is 0 Å². The third-order valence-electron chi connectivity index (χ3n) is 4.82. The Hall–Kier alpha value is -3.10. The summed E-state index contributed by atoms with van der Waals surface area (Å²) in [4.78, 5) is 13.8. The van der Waals surface area contributed by atoms with Crippen molar-refractivity contribution in [1.82, 2.24) is 4.90 Å². The molecule has 1 saturated heterocycles. The van der Waals surface area contributed by atoms with E-state index in [1.54, 1.807) is 47.4 Å². The van der Waals surface area contributed by atoms with E-state index in [0.29, 0.717) is 36.5 Å². The number of anilines is 2. The van der Waals surface area contributed by atoms with E-state index in [2.05, 4.69) is 4.72 Å². The summed E-state index contributed by atoms with van der Waals surface area (Å²) in [6.45, 7) is 1.66. The number of hydrogen-bond acceptors (Lipinski definition) is 5. The molecule has 29 heavy (non-hydrogen) atoms. The van der Waals surface area contributed by atoms with E-state index in [-0.39, 0.29) is 17.4 Å². The highest BCUT2D eigenvalue weighted by atomic mass is 32.2. The van der Waals surface area contributed by atoms with Gasteiger partial charge in [-0.25, -0.2) is 8.42 Å². The summed E-state index contributed by atoms with van der Waals surface area (Å²) < 4.78 is 33.6. The molecule has 0 aromatic heterocycles. The van der Waals surface area contributed by atoms with Crippen LogP contribution in [0.2, 0.25) is 0 Å². The van der Waals surface area contributed by atoms with Crippen molar-refractivity contribution in [2.75, 3.05) is 30.2 Å². The maximum absolute atomic E-state index is 12.9. The fourth-order valence-corrected chi connectivity index (χ4v) is 4.62. The lowest BCUT2D eigenvalue weighted by molar-refractivity contribution is -0.143. The molecule has 150 valence electrons. The number of morpholine rings is 1. The Balaban J connectivity index is 1.53. The number of amides is 1. The second-order valence-electron chi connectivity index (χ2n) is 6.91. The summed E-state index contributed by atoms with van der Waals surface area (Å²) in [5.41, 5.74) is 7.75. The van der Waals surface area contributed by atoms with E-state index in [1.807, 2.05) is 18.2 Å². The van der Waals surface area contributed by atoms with Crippen molar-refractivity contribution in [1.29, 1.82) is 0 Å². The topological polar surface area (TPSA) is 102 Å². The number of sulfonamides is 1. The molecule has 3 aromatic carbocycles. The molecule has 7 nitrogen and oxygen atoms in total. The number of benzene rings is 3. The summed E-state index contributed by atoms with van der Waals surface area (Å²) in [5, 5.41) is 1.37. The van der Waals surface area contributed by atoms with Crippen molar-refractivity contribution in [2.24, 2.45) is 0 Å². The fourth-order valence-electron chi connectivity index (χ4n) is 3.33. The number of nitrogens with zero attached hydrogens (tertiary/aromatic N) is 1. The molecule has 1 aliphatic rings. The number of fused-ring (bicyclic) bond motifs is 1. The van der Waals surface area contributed by atoms with Gasteiger partial charge in [-0.2, -0.15) is 0 Å². The summed E-state index contributed by atoms with van der Waals surface area (Å²) in [6.07, 6.45) is 0. The summed E-state index contributed by atoms with van der Waals surface area (Å²) in [5.74, 6) is -0.0439. The first-order valence-electron chi connectivity index (χ1n) is 9.18. The monoisotopic (exact) mass is 411 g/mol. The third-order valence-corrected chi connectivity index (χ3v) is 6.26. The minimum atomic E-state index is -3.77. The van der Waals surface area contributed by atoms with Crippen LogP contribution in [-0.2, 0) is 26.1 Å². The van der Waals surface area contributed by atoms with Crippen molar-refractivity contribution < 1.29 is 17.9 Å². The third kappa shape index (κ3) is 4.18. The Morgan fingerprint density at radius 1 is 1.07 bits per heavy atom. The molecule has 0 unspecified atom stereocenters. The fraction of sp³-hybridized carbons (Fsp3) is 0.190. The Morgan fingerprint density at radius 3 is 2.62 bits per heavy atom. The van der Waals surface area contributed by atoms with Crippen LogP contribution in [-0.4, -0.2) is 39.0 Å². The molecule has 0 radical (unpaired) electrons. The van der Waals surface area contributed by atoms with E-state index in [0.717, 1.165) is 10.9 Å². The van der Waals surface area contributed by atoms with Gasteiger partial charge >= 0.3 is 0 Å². The number of hydrogen-bond donors (Lipinski definition) is 2. The summed E-state index contributed by atoms with van der Waals surface area (Å²) in [7, 11) is -3.77. The van der Waals surface area contributed by atoms with Crippen LogP contribution in [0.25, 0.3) is 10.8 Å². The maximum atomic E-state index is 12.9. The average molecular weight is 411 g/mol. The summed E-state index contributed by atoms with van der Waals surface area (Å²) in [6, 6.07) is 17.2. The molecule has 0 bridgehead atoms. The second kappa shape index (κ2) is 7.73. The lowest BCUT2D eigenvalue weighted by Gasteiger charge is -2.26. The van der Waals surface area contributed by atoms with E-state index < -0.39 is 10.0 Å². The SMILES string of the molecule is Nc1ccc2c(S(=O)(=O)Nc3ccc(CN4CCOCC4=O)cc3)cccc2c1. The highest BCUT2D eigenvalue weighted by molar-refractivity contribution is 7.93. The van der Waals surface area contributed by atoms with E-state index in [1.165, 1.54) is 0 Å². The highest BCUT2D eigenvalue weighted by Gasteiger charge is 2.19. The van der Waals surface area contributed by atoms with Gasteiger partial charge in [0.15, 0.2) is 0 Å². The molecule has 0 saturated carbocycles. The van der Waals surface area contributed by atoms with Crippen molar-refractivity contribution in [2.45, 2.75) is 11.4 Å². The van der Waals surface area contributed by atoms with E-state index in [4.69, 9.17) is 10.5 Å². The molecule has 4 rings (SSSR count). The van der Waals surface area contributed by atoms with Crippen molar-refractivity contribution in [3.05, 3.63) is 66.2 Å². The van der Waals surface area contributed by atoms with Gasteiger partial charge in [0.1, 0.15) is 6.61 Å². The number of nitrogens with one attached hydrogen (secondary N) is 1. The molecule has 1 amide bonds. The Bertz CT molecular complexity index is 1160. The van der Waals surface area contributed by atoms with Crippen LogP contribution < -0.4 is 10.5 Å². The van der Waals surface area contributed by atoms with E-state index in [9.17, 15) is 13.2 Å². The first-order chi connectivity index (χ1) is 13.9. The van der Waals surface area contributed by atoms with Gasteiger partial charge in [0.25, 0.3) is 10.0 Å². The maximum Gasteiger partial charge on any atom is 0.262 e. The van der Waals surface area contributed by atoms with Crippen molar-refractivity contribution in [3.63, 3.8) is 0 Å². The second-order valence-corrected chi connectivity index (χ2v) is 8.56. The predicted molar refractivity (Wildman–Crippen MR) is 112 cm³/mol. The van der Waals surface area contributed by atoms with Crippen LogP contribution in [0.15, 0.2) is 65.6 Å². The smallest absolute Gasteiger partial charge is 0.262 e. The summed E-state index contributed by atoms with van der Waals surface area (Å²) >= 11 is 0. The first kappa shape index (κ1) is 19.2. The normalized spacial score (nSPS) is 14.9. The molecule has 0 atom stereocenters. The van der Waals surface area contributed by atoms with Crippen LogP contribution in [0.5, 0.6) is 0 Å². The van der Waals surface area contributed by atoms with Crippen LogP contribution in [0.1, 0.15) is 5.56 Å². The van der Waals surface area contributed by atoms with E-state index >= 15 is 0 Å². The average Bonchev–Trinajstić information content (AvgIpc) is 2.70. The molecule has 1 aliphatic heterocycles. The lowest BCUT2D eigenvalue weighted by atomic mass is 10.1. The van der Waals surface area contributed by atoms with Gasteiger partial charge in [-0.05, 0) is 41.3 Å². The molecule has 3 N–H and O–H groups in total. The van der Waals surface area contributed by atoms with Gasteiger partial charge in [0.05, 0.1) is 11.5 Å². The number of nitrogen functional groups attached to an aromatic ring is 1. The molecule has 3 aromatic rings. The van der Waals surface area contributed by atoms with Gasteiger partial charge in [-0.1, -0.05) is 30.3 Å². The van der Waals surface area contributed by atoms with Gasteiger partial charge in [-0.3, -0.25) is 9.52 Å². The van der Waals surface area contributed by atoms with Crippen LogP contribution in [0.4, 0.5) is 11.4 Å². The first-order valence-corrected chi connectivity index (χ1v) is 10.7. The molecule has 8 heteroatoms. The number of rotatable bonds is 5. The zero-order valence-electron chi connectivity index (χ0n) is 15.7. The van der Waals surface area contributed by atoms with Gasteiger partial charge in [-0.15, -0.1) is 0 Å². The Morgan fingerprint density at radius 2 is 1.86 bits per heavy atom. The number of ether oxygens (including phenoxy) is 1. The molecule has 0 aliphatic carbocycles. The van der Waals surface area contributed by atoms with Crippen LogP contribution in [0.3, 0.4) is 0 Å². The minimum Gasteiger partial charge on any atom is -0.399 e. The zero-order valence-corrected chi connectivity index (χ0v) is 16.5. The highest BCUT2D eigenvalue weighted by Crippen LogP contribution is 2.26. The number of carbonyl (C=O) groups is 1. The molecular weight excluding hydrogens is 390 g/mol. The van der Waals surface area contributed by atoms with Crippen LogP contribution in [0, 0.1) is 0 Å². The van der Waals surface area contributed by atoms with Crippen molar-refractivity contribution in [3.8, 4) is 0 Å². The Labute approximate surface area is 169 Å². The van der Waals surface area contributed by atoms with Gasteiger partial charge in [0.2, 0.25) is 5.91 Å². The standard InChI is InChI=1S/C21H21N3O4S/c22-17-6-9-19-16(12-17)2-1-3-20(19)29(26,27)23-18-7-4-15(5-8-18)13-24-10-11-28-14-21(24)25/h1-9,12,23H,10-11,13-14,22H2. The number of carbonyl (C=O) groups excluding carboxylic acids is 1.